The lowest BCUT2D eigenvalue weighted by atomic mass is 10.2. The lowest BCUT2D eigenvalue weighted by Gasteiger charge is -2.29. The van der Waals surface area contributed by atoms with Crippen LogP contribution in [-0.2, 0) is 4.57 Å². The van der Waals surface area contributed by atoms with E-state index in [0.717, 1.165) is 10.6 Å². The molecule has 0 fully saturated rings. The number of hydrazine groups is 1. The normalized spacial score (nSPS) is 12.1. The van der Waals surface area contributed by atoms with Gasteiger partial charge in [-0.1, -0.05) is 50.2 Å². The molecule has 0 spiro atoms. The SMILES string of the molecule is CC(C)CN(N)P(=O)(c1ccccc1)c1ccccc1. The van der Waals surface area contributed by atoms with Gasteiger partial charge in [0, 0.05) is 17.2 Å². The molecule has 3 nitrogen and oxygen atoms in total. The lowest BCUT2D eigenvalue weighted by molar-refractivity contribution is 0.386. The van der Waals surface area contributed by atoms with Crippen LogP contribution in [0.25, 0.3) is 0 Å². The quantitative estimate of drug-likeness (QED) is 0.523. The molecule has 20 heavy (non-hydrogen) atoms. The van der Waals surface area contributed by atoms with Crippen LogP contribution in [0.1, 0.15) is 13.8 Å². The third kappa shape index (κ3) is 3.01. The van der Waals surface area contributed by atoms with E-state index >= 15 is 0 Å². The van der Waals surface area contributed by atoms with Crippen LogP contribution in [0.5, 0.6) is 0 Å². The highest BCUT2D eigenvalue weighted by molar-refractivity contribution is 7.76. The van der Waals surface area contributed by atoms with Crippen LogP contribution in [0.15, 0.2) is 60.7 Å². The summed E-state index contributed by atoms with van der Waals surface area (Å²) in [5.74, 6) is 6.54. The van der Waals surface area contributed by atoms with E-state index in [0.29, 0.717) is 12.5 Å². The monoisotopic (exact) mass is 288 g/mol. The molecule has 0 aliphatic carbocycles. The van der Waals surface area contributed by atoms with Crippen molar-refractivity contribution in [1.29, 1.82) is 0 Å². The second-order valence-electron chi connectivity index (χ2n) is 5.26. The van der Waals surface area contributed by atoms with Crippen molar-refractivity contribution in [2.45, 2.75) is 13.8 Å². The molecule has 2 rings (SSSR count). The van der Waals surface area contributed by atoms with Crippen molar-refractivity contribution in [2.75, 3.05) is 6.54 Å². The van der Waals surface area contributed by atoms with Gasteiger partial charge in [0.2, 0.25) is 7.29 Å². The fourth-order valence-corrected chi connectivity index (χ4v) is 4.80. The third-order valence-corrected chi connectivity index (χ3v) is 6.01. The first-order chi connectivity index (χ1) is 9.55. The maximum absolute atomic E-state index is 13.7. The maximum atomic E-state index is 13.7. The summed E-state index contributed by atoms with van der Waals surface area (Å²) in [5.41, 5.74) is 0. The average molecular weight is 288 g/mol. The Morgan fingerprint density at radius 3 is 1.70 bits per heavy atom. The lowest BCUT2D eigenvalue weighted by Crippen LogP contribution is -2.39. The second-order valence-corrected chi connectivity index (χ2v) is 7.96. The second kappa shape index (κ2) is 6.36. The first kappa shape index (κ1) is 15.0. The van der Waals surface area contributed by atoms with Gasteiger partial charge in [-0.2, -0.15) is 4.78 Å². The number of hydrogen-bond acceptors (Lipinski definition) is 2. The number of nitrogens with two attached hydrogens (primary N) is 1. The molecule has 2 aromatic carbocycles. The summed E-state index contributed by atoms with van der Waals surface area (Å²) in [6.45, 7) is 4.72. The molecular weight excluding hydrogens is 267 g/mol. The van der Waals surface area contributed by atoms with Gasteiger partial charge in [0.15, 0.2) is 0 Å². The molecule has 0 bridgehead atoms. The van der Waals surface area contributed by atoms with Crippen molar-refractivity contribution in [3.8, 4) is 0 Å². The fraction of sp³-hybridized carbons (Fsp3) is 0.250. The maximum Gasteiger partial charge on any atom is 0.219 e. The van der Waals surface area contributed by atoms with Crippen LogP contribution in [0.2, 0.25) is 0 Å². The van der Waals surface area contributed by atoms with E-state index in [2.05, 4.69) is 13.8 Å². The predicted octanol–water partition coefficient (Wildman–Crippen LogP) is 2.75. The summed E-state index contributed by atoms with van der Waals surface area (Å²) in [6.07, 6.45) is 0. The molecule has 0 aromatic heterocycles. The largest absolute Gasteiger partial charge is 0.295 e. The summed E-state index contributed by atoms with van der Waals surface area (Å²) >= 11 is 0. The van der Waals surface area contributed by atoms with Crippen LogP contribution < -0.4 is 16.5 Å². The van der Waals surface area contributed by atoms with E-state index in [9.17, 15) is 4.57 Å². The summed E-state index contributed by atoms with van der Waals surface area (Å²) in [4.78, 5) is 0. The molecule has 0 unspecified atom stereocenters. The van der Waals surface area contributed by atoms with Crippen molar-refractivity contribution in [3.63, 3.8) is 0 Å². The minimum Gasteiger partial charge on any atom is -0.295 e. The van der Waals surface area contributed by atoms with Crippen LogP contribution in [0.4, 0.5) is 0 Å². The van der Waals surface area contributed by atoms with E-state index in [1.54, 1.807) is 0 Å². The Morgan fingerprint density at radius 1 is 0.950 bits per heavy atom. The fourth-order valence-electron chi connectivity index (χ4n) is 2.19. The smallest absolute Gasteiger partial charge is 0.219 e. The molecule has 0 aliphatic heterocycles. The summed E-state index contributed by atoms with van der Waals surface area (Å²) < 4.78 is 15.2. The summed E-state index contributed by atoms with van der Waals surface area (Å²) in [7, 11) is -2.96. The number of benzene rings is 2. The van der Waals surface area contributed by atoms with Crippen LogP contribution >= 0.6 is 7.29 Å². The van der Waals surface area contributed by atoms with E-state index < -0.39 is 7.29 Å². The molecule has 0 heterocycles. The minimum atomic E-state index is -2.96. The zero-order valence-electron chi connectivity index (χ0n) is 11.9. The predicted molar refractivity (Wildman–Crippen MR) is 85.5 cm³/mol. The highest BCUT2D eigenvalue weighted by atomic mass is 31.2. The van der Waals surface area contributed by atoms with Gasteiger partial charge in [0.1, 0.15) is 0 Å². The van der Waals surface area contributed by atoms with Crippen molar-refractivity contribution >= 4 is 17.9 Å². The molecule has 0 amide bonds. The van der Waals surface area contributed by atoms with Crippen LogP contribution in [0, 0.1) is 5.92 Å². The minimum absolute atomic E-state index is 0.348. The van der Waals surface area contributed by atoms with Gasteiger partial charge in [-0.15, -0.1) is 0 Å². The molecule has 2 N–H and O–H groups in total. The van der Waals surface area contributed by atoms with Crippen molar-refractivity contribution < 1.29 is 4.57 Å². The zero-order valence-corrected chi connectivity index (χ0v) is 12.8. The van der Waals surface area contributed by atoms with E-state index in [1.807, 2.05) is 60.7 Å². The average Bonchev–Trinajstić information content (AvgIpc) is 2.47. The Bertz CT molecular complexity index is 540. The molecule has 106 valence electrons. The van der Waals surface area contributed by atoms with Gasteiger partial charge in [0.25, 0.3) is 0 Å². The number of nitrogens with zero attached hydrogens (tertiary/aromatic N) is 1. The van der Waals surface area contributed by atoms with Gasteiger partial charge in [-0.25, -0.2) is 0 Å². The van der Waals surface area contributed by atoms with Gasteiger partial charge in [0.05, 0.1) is 0 Å². The van der Waals surface area contributed by atoms with Gasteiger partial charge in [-0.3, -0.25) is 10.4 Å². The first-order valence-corrected chi connectivity index (χ1v) is 8.45. The van der Waals surface area contributed by atoms with Gasteiger partial charge >= 0.3 is 0 Å². The molecule has 0 radical (unpaired) electrons. The Morgan fingerprint density at radius 2 is 1.35 bits per heavy atom. The number of hydrogen-bond donors (Lipinski definition) is 1. The van der Waals surface area contributed by atoms with Crippen LogP contribution in [0.3, 0.4) is 0 Å². The topological polar surface area (TPSA) is 46.3 Å². The summed E-state index contributed by atoms with van der Waals surface area (Å²) in [6, 6.07) is 19.0. The first-order valence-electron chi connectivity index (χ1n) is 6.79. The third-order valence-electron chi connectivity index (χ3n) is 3.13. The molecule has 0 saturated heterocycles. The Hall–Kier alpha value is -1.41. The van der Waals surface area contributed by atoms with Crippen LogP contribution in [-0.4, -0.2) is 11.3 Å². The van der Waals surface area contributed by atoms with E-state index in [1.165, 1.54) is 4.78 Å². The molecule has 0 atom stereocenters. The van der Waals surface area contributed by atoms with Gasteiger partial charge < -0.3 is 0 Å². The standard InChI is InChI=1S/C16H21N2OP/c1-14(2)13-18(17)20(19,15-9-5-3-6-10-15)16-11-7-4-8-12-16/h3-12,14H,13,17H2,1-2H3. The molecule has 0 saturated carbocycles. The van der Waals surface area contributed by atoms with E-state index in [-0.39, 0.29) is 0 Å². The molecular formula is C16H21N2OP. The molecule has 4 heteroatoms. The van der Waals surface area contributed by atoms with Crippen molar-refractivity contribution in [3.05, 3.63) is 60.7 Å². The summed E-state index contributed by atoms with van der Waals surface area (Å²) in [5, 5.41) is 1.55. The van der Waals surface area contributed by atoms with E-state index in [4.69, 9.17) is 5.84 Å². The Balaban J connectivity index is 2.52. The van der Waals surface area contributed by atoms with Crippen molar-refractivity contribution in [2.24, 2.45) is 11.8 Å². The van der Waals surface area contributed by atoms with Gasteiger partial charge in [-0.05, 0) is 30.2 Å². The molecule has 2 aromatic rings. The number of rotatable bonds is 5. The highest BCUT2D eigenvalue weighted by Crippen LogP contribution is 2.45. The highest BCUT2D eigenvalue weighted by Gasteiger charge is 2.32. The van der Waals surface area contributed by atoms with Crippen molar-refractivity contribution in [1.82, 2.24) is 4.78 Å². The Labute approximate surface area is 120 Å². The zero-order chi connectivity index (χ0) is 14.6. The Kier molecular flexibility index (Phi) is 4.77. The molecule has 0 aliphatic rings.